The Morgan fingerprint density at radius 3 is 2.70 bits per heavy atom. The lowest BCUT2D eigenvalue weighted by Crippen LogP contribution is -2.04. The third-order valence-corrected chi connectivity index (χ3v) is 3.65. The molecule has 0 radical (unpaired) electrons. The molecular weight excluding hydrogens is 248 g/mol. The normalized spacial score (nSPS) is 11.6. The summed E-state index contributed by atoms with van der Waals surface area (Å²) in [7, 11) is 0. The fourth-order valence-corrected chi connectivity index (χ4v) is 2.53. The van der Waals surface area contributed by atoms with Gasteiger partial charge in [-0.1, -0.05) is 12.1 Å². The van der Waals surface area contributed by atoms with E-state index in [-0.39, 0.29) is 0 Å². The first-order chi connectivity index (χ1) is 9.69. The van der Waals surface area contributed by atoms with E-state index in [4.69, 9.17) is 5.73 Å². The monoisotopic (exact) mass is 268 g/mol. The summed E-state index contributed by atoms with van der Waals surface area (Å²) in [5, 5.41) is 5.84. The van der Waals surface area contributed by atoms with Crippen molar-refractivity contribution < 1.29 is 0 Å². The molecule has 0 unspecified atom stereocenters. The fraction of sp³-hybridized carbons (Fsp3) is 0.312. The van der Waals surface area contributed by atoms with Gasteiger partial charge in [0, 0.05) is 35.9 Å². The van der Waals surface area contributed by atoms with Gasteiger partial charge in [0.25, 0.3) is 0 Å². The average molecular weight is 268 g/mol. The van der Waals surface area contributed by atoms with Gasteiger partial charge in [-0.2, -0.15) is 5.10 Å². The molecule has 3 rings (SSSR count). The molecule has 104 valence electrons. The predicted octanol–water partition coefficient (Wildman–Crippen LogP) is 2.93. The van der Waals surface area contributed by atoms with Crippen LogP contribution in [0.5, 0.6) is 0 Å². The largest absolute Gasteiger partial charge is 0.341 e. The molecule has 0 atom stereocenters. The Balaban J connectivity index is 1.94. The van der Waals surface area contributed by atoms with Crippen LogP contribution in [0.15, 0.2) is 42.7 Å². The van der Waals surface area contributed by atoms with E-state index in [1.165, 1.54) is 16.5 Å². The van der Waals surface area contributed by atoms with Gasteiger partial charge < -0.3 is 10.3 Å². The Kier molecular flexibility index (Phi) is 3.32. The van der Waals surface area contributed by atoms with Crippen LogP contribution in [0.3, 0.4) is 0 Å². The molecule has 0 aliphatic rings. The van der Waals surface area contributed by atoms with Crippen LogP contribution in [0.2, 0.25) is 0 Å². The van der Waals surface area contributed by atoms with Crippen LogP contribution < -0.4 is 5.73 Å². The predicted molar refractivity (Wildman–Crippen MR) is 81.5 cm³/mol. The molecule has 0 aliphatic heterocycles. The Morgan fingerprint density at radius 2 is 2.00 bits per heavy atom. The zero-order chi connectivity index (χ0) is 14.1. The minimum atomic E-state index is 0.397. The molecule has 0 aliphatic carbocycles. The Bertz CT molecular complexity index is 721. The summed E-state index contributed by atoms with van der Waals surface area (Å²) in [6.07, 6.45) is 4.15. The average Bonchev–Trinajstić information content (AvgIpc) is 3.06. The number of fused-ring (bicyclic) bond motifs is 1. The Labute approximate surface area is 118 Å². The first-order valence-corrected chi connectivity index (χ1v) is 7.00. The quantitative estimate of drug-likeness (QED) is 0.791. The standard InChI is InChI=1S/C16H20N4/c1-12(2)20-9-6-14(18-20)11-19-8-7-15-13(10-17)4-3-5-16(15)19/h3-9,12H,10-11,17H2,1-2H3. The second-order valence-electron chi connectivity index (χ2n) is 5.38. The molecule has 2 N–H and O–H groups in total. The van der Waals surface area contributed by atoms with E-state index in [2.05, 4.69) is 60.0 Å². The first-order valence-electron chi connectivity index (χ1n) is 7.00. The first kappa shape index (κ1) is 12.9. The molecule has 0 spiro atoms. The molecule has 0 saturated carbocycles. The highest BCUT2D eigenvalue weighted by Gasteiger charge is 2.07. The van der Waals surface area contributed by atoms with E-state index in [0.717, 1.165) is 12.2 Å². The number of hydrogen-bond donors (Lipinski definition) is 1. The Morgan fingerprint density at radius 1 is 1.15 bits per heavy atom. The molecule has 0 saturated heterocycles. The number of benzene rings is 1. The second kappa shape index (κ2) is 5.13. The van der Waals surface area contributed by atoms with Crippen LogP contribution in [0.25, 0.3) is 10.9 Å². The van der Waals surface area contributed by atoms with Crippen molar-refractivity contribution in [3.05, 3.63) is 54.0 Å². The van der Waals surface area contributed by atoms with Gasteiger partial charge in [-0.05, 0) is 37.6 Å². The topological polar surface area (TPSA) is 48.8 Å². The van der Waals surface area contributed by atoms with Gasteiger partial charge in [0.05, 0.1) is 12.2 Å². The van der Waals surface area contributed by atoms with E-state index in [0.29, 0.717) is 12.6 Å². The summed E-state index contributed by atoms with van der Waals surface area (Å²) < 4.78 is 4.22. The summed E-state index contributed by atoms with van der Waals surface area (Å²) in [4.78, 5) is 0. The van der Waals surface area contributed by atoms with Gasteiger partial charge in [0.1, 0.15) is 0 Å². The summed E-state index contributed by atoms with van der Waals surface area (Å²) >= 11 is 0. The van der Waals surface area contributed by atoms with Gasteiger partial charge >= 0.3 is 0 Å². The van der Waals surface area contributed by atoms with Crippen molar-refractivity contribution in [2.45, 2.75) is 33.0 Å². The number of nitrogens with two attached hydrogens (primary N) is 1. The lowest BCUT2D eigenvalue weighted by Gasteiger charge is -2.06. The van der Waals surface area contributed by atoms with E-state index in [1.54, 1.807) is 0 Å². The maximum atomic E-state index is 5.79. The highest BCUT2D eigenvalue weighted by Crippen LogP contribution is 2.21. The minimum absolute atomic E-state index is 0.397. The third-order valence-electron chi connectivity index (χ3n) is 3.65. The fourth-order valence-electron chi connectivity index (χ4n) is 2.53. The molecule has 0 amide bonds. The number of nitrogens with zero attached hydrogens (tertiary/aromatic N) is 3. The van der Waals surface area contributed by atoms with Crippen molar-refractivity contribution in [3.63, 3.8) is 0 Å². The lowest BCUT2D eigenvalue weighted by molar-refractivity contribution is 0.524. The molecule has 3 aromatic rings. The summed E-state index contributed by atoms with van der Waals surface area (Å²) in [5.74, 6) is 0. The summed E-state index contributed by atoms with van der Waals surface area (Å²) in [6.45, 7) is 5.63. The van der Waals surface area contributed by atoms with Crippen LogP contribution >= 0.6 is 0 Å². The summed E-state index contributed by atoms with van der Waals surface area (Å²) in [5.41, 5.74) is 9.27. The van der Waals surface area contributed by atoms with Crippen molar-refractivity contribution >= 4 is 10.9 Å². The third kappa shape index (κ3) is 2.23. The van der Waals surface area contributed by atoms with Crippen LogP contribution in [0, 0.1) is 0 Å². The summed E-state index contributed by atoms with van der Waals surface area (Å²) in [6, 6.07) is 10.9. The molecule has 4 heteroatoms. The van der Waals surface area contributed by atoms with Crippen molar-refractivity contribution in [1.82, 2.24) is 14.3 Å². The molecule has 2 aromatic heterocycles. The molecule has 1 aromatic carbocycles. The highest BCUT2D eigenvalue weighted by molar-refractivity contribution is 5.83. The lowest BCUT2D eigenvalue weighted by atomic mass is 10.1. The zero-order valence-electron chi connectivity index (χ0n) is 12.0. The number of rotatable bonds is 4. The highest BCUT2D eigenvalue weighted by atomic mass is 15.3. The van der Waals surface area contributed by atoms with Gasteiger partial charge in [0.2, 0.25) is 0 Å². The number of hydrogen-bond acceptors (Lipinski definition) is 2. The second-order valence-corrected chi connectivity index (χ2v) is 5.38. The van der Waals surface area contributed by atoms with Crippen molar-refractivity contribution in [2.75, 3.05) is 0 Å². The van der Waals surface area contributed by atoms with Crippen molar-refractivity contribution in [1.29, 1.82) is 0 Å². The molecule has 2 heterocycles. The minimum Gasteiger partial charge on any atom is -0.341 e. The molecule has 0 fully saturated rings. The number of aromatic nitrogens is 3. The SMILES string of the molecule is CC(C)n1ccc(Cn2ccc3c(CN)cccc32)n1. The molecule has 20 heavy (non-hydrogen) atoms. The van der Waals surface area contributed by atoms with E-state index < -0.39 is 0 Å². The van der Waals surface area contributed by atoms with Gasteiger partial charge in [-0.3, -0.25) is 4.68 Å². The van der Waals surface area contributed by atoms with Gasteiger partial charge in [-0.15, -0.1) is 0 Å². The maximum absolute atomic E-state index is 5.79. The smallest absolute Gasteiger partial charge is 0.0821 e. The van der Waals surface area contributed by atoms with Gasteiger partial charge in [-0.25, -0.2) is 0 Å². The van der Waals surface area contributed by atoms with Crippen molar-refractivity contribution in [3.8, 4) is 0 Å². The maximum Gasteiger partial charge on any atom is 0.0821 e. The molecule has 4 nitrogen and oxygen atoms in total. The van der Waals surface area contributed by atoms with Crippen LogP contribution in [-0.2, 0) is 13.1 Å². The van der Waals surface area contributed by atoms with E-state index >= 15 is 0 Å². The van der Waals surface area contributed by atoms with Crippen LogP contribution in [0.4, 0.5) is 0 Å². The van der Waals surface area contributed by atoms with E-state index in [9.17, 15) is 0 Å². The zero-order valence-corrected chi connectivity index (χ0v) is 12.0. The van der Waals surface area contributed by atoms with Crippen LogP contribution in [-0.4, -0.2) is 14.3 Å². The van der Waals surface area contributed by atoms with Crippen molar-refractivity contribution in [2.24, 2.45) is 5.73 Å². The Hall–Kier alpha value is -2.07. The van der Waals surface area contributed by atoms with Crippen LogP contribution in [0.1, 0.15) is 31.1 Å². The van der Waals surface area contributed by atoms with E-state index in [1.807, 2.05) is 10.9 Å². The molecular formula is C16H20N4. The molecule has 0 bridgehead atoms. The van der Waals surface area contributed by atoms with Gasteiger partial charge in [0.15, 0.2) is 0 Å².